The van der Waals surface area contributed by atoms with Crippen LogP contribution >= 0.6 is 0 Å². The number of ether oxygens (including phenoxy) is 2. The highest BCUT2D eigenvalue weighted by Gasteiger charge is 2.15. The SMILES string of the molecule is COC(=O)c1ccccc1-c1ccc(/C=N/NC(=O)COc2cccc3cccnc23)o1. The van der Waals surface area contributed by atoms with Gasteiger partial charge in [0.05, 0.1) is 18.9 Å². The van der Waals surface area contributed by atoms with E-state index in [0.29, 0.717) is 33.9 Å². The Morgan fingerprint density at radius 1 is 1.06 bits per heavy atom. The molecular weight excluding hydrogens is 410 g/mol. The molecule has 1 amide bonds. The van der Waals surface area contributed by atoms with Crippen molar-refractivity contribution < 1.29 is 23.5 Å². The molecule has 0 aliphatic heterocycles. The summed E-state index contributed by atoms with van der Waals surface area (Å²) in [5, 5.41) is 4.81. The van der Waals surface area contributed by atoms with Gasteiger partial charge in [0.1, 0.15) is 22.8 Å². The van der Waals surface area contributed by atoms with E-state index in [1.165, 1.54) is 13.3 Å². The summed E-state index contributed by atoms with van der Waals surface area (Å²) in [5.41, 5.74) is 4.06. The van der Waals surface area contributed by atoms with Crippen LogP contribution < -0.4 is 10.2 Å². The number of rotatable bonds is 7. The van der Waals surface area contributed by atoms with Gasteiger partial charge >= 0.3 is 5.97 Å². The number of hydrogen-bond acceptors (Lipinski definition) is 7. The second-order valence-corrected chi connectivity index (χ2v) is 6.65. The van der Waals surface area contributed by atoms with Crippen LogP contribution in [0.4, 0.5) is 0 Å². The first-order valence-corrected chi connectivity index (χ1v) is 9.71. The summed E-state index contributed by atoms with van der Waals surface area (Å²) >= 11 is 0. The third kappa shape index (κ3) is 4.65. The number of aromatic nitrogens is 1. The second-order valence-electron chi connectivity index (χ2n) is 6.65. The van der Waals surface area contributed by atoms with Crippen LogP contribution in [0.25, 0.3) is 22.2 Å². The third-order valence-corrected chi connectivity index (χ3v) is 4.56. The quantitative estimate of drug-likeness (QED) is 0.272. The molecular formula is C24H19N3O5. The van der Waals surface area contributed by atoms with Crippen LogP contribution in [0.3, 0.4) is 0 Å². The van der Waals surface area contributed by atoms with Crippen LogP contribution in [-0.4, -0.2) is 36.8 Å². The van der Waals surface area contributed by atoms with Crippen LogP contribution in [0.15, 0.2) is 82.4 Å². The smallest absolute Gasteiger partial charge is 0.338 e. The van der Waals surface area contributed by atoms with Crippen LogP contribution in [0, 0.1) is 0 Å². The maximum atomic E-state index is 12.1. The van der Waals surface area contributed by atoms with Gasteiger partial charge < -0.3 is 13.9 Å². The van der Waals surface area contributed by atoms with E-state index >= 15 is 0 Å². The van der Waals surface area contributed by atoms with E-state index in [-0.39, 0.29) is 6.61 Å². The summed E-state index contributed by atoms with van der Waals surface area (Å²) in [4.78, 5) is 28.3. The molecule has 4 aromatic rings. The lowest BCUT2D eigenvalue weighted by Gasteiger charge is -2.07. The van der Waals surface area contributed by atoms with Crippen molar-refractivity contribution >= 4 is 29.0 Å². The van der Waals surface area contributed by atoms with E-state index in [1.54, 1.807) is 48.7 Å². The number of nitrogens with one attached hydrogen (secondary N) is 1. The molecule has 0 atom stereocenters. The van der Waals surface area contributed by atoms with Crippen LogP contribution in [0.5, 0.6) is 5.75 Å². The molecule has 0 saturated heterocycles. The molecule has 2 heterocycles. The van der Waals surface area contributed by atoms with Crippen molar-refractivity contribution in [3.8, 4) is 17.1 Å². The Hall–Kier alpha value is -4.46. The number of hydrogen-bond donors (Lipinski definition) is 1. The molecule has 2 aromatic carbocycles. The van der Waals surface area contributed by atoms with Gasteiger partial charge in [-0.05, 0) is 30.3 Å². The highest BCUT2D eigenvalue weighted by molar-refractivity contribution is 5.96. The Kier molecular flexibility index (Phi) is 6.22. The lowest BCUT2D eigenvalue weighted by Crippen LogP contribution is -2.24. The van der Waals surface area contributed by atoms with Gasteiger partial charge in [0, 0.05) is 17.1 Å². The molecule has 0 fully saturated rings. The number of para-hydroxylation sites is 1. The predicted molar refractivity (Wildman–Crippen MR) is 118 cm³/mol. The summed E-state index contributed by atoms with van der Waals surface area (Å²) in [6.07, 6.45) is 3.03. The van der Waals surface area contributed by atoms with Crippen molar-refractivity contribution in [3.05, 3.63) is 84.3 Å². The van der Waals surface area contributed by atoms with E-state index in [2.05, 4.69) is 15.5 Å². The number of hydrazone groups is 1. The fourth-order valence-corrected chi connectivity index (χ4v) is 3.09. The van der Waals surface area contributed by atoms with E-state index in [1.807, 2.05) is 24.3 Å². The minimum Gasteiger partial charge on any atom is -0.481 e. The minimum absolute atomic E-state index is 0.219. The predicted octanol–water partition coefficient (Wildman–Crippen LogP) is 3.81. The molecule has 0 radical (unpaired) electrons. The number of furan rings is 1. The van der Waals surface area contributed by atoms with E-state index < -0.39 is 11.9 Å². The second kappa shape index (κ2) is 9.57. The first-order valence-electron chi connectivity index (χ1n) is 9.71. The van der Waals surface area contributed by atoms with Gasteiger partial charge in [0.2, 0.25) is 0 Å². The number of nitrogens with zero attached hydrogens (tertiary/aromatic N) is 2. The number of esters is 1. The number of methoxy groups -OCH3 is 1. The largest absolute Gasteiger partial charge is 0.481 e. The van der Waals surface area contributed by atoms with Crippen molar-refractivity contribution in [2.24, 2.45) is 5.10 Å². The zero-order chi connectivity index (χ0) is 22.3. The Balaban J connectivity index is 1.36. The summed E-state index contributed by atoms with van der Waals surface area (Å²) in [6.45, 7) is -0.219. The molecule has 0 spiro atoms. The van der Waals surface area contributed by atoms with Gasteiger partial charge in [0.25, 0.3) is 5.91 Å². The van der Waals surface area contributed by atoms with Crippen LogP contribution in [0.1, 0.15) is 16.1 Å². The molecule has 1 N–H and O–H groups in total. The summed E-state index contributed by atoms with van der Waals surface area (Å²) in [6, 6.07) is 19.6. The van der Waals surface area contributed by atoms with E-state index in [9.17, 15) is 9.59 Å². The number of amides is 1. The third-order valence-electron chi connectivity index (χ3n) is 4.56. The fraction of sp³-hybridized carbons (Fsp3) is 0.0833. The molecule has 160 valence electrons. The van der Waals surface area contributed by atoms with Gasteiger partial charge in [-0.15, -0.1) is 0 Å². The van der Waals surface area contributed by atoms with E-state index in [4.69, 9.17) is 13.9 Å². The molecule has 0 aliphatic rings. The van der Waals surface area contributed by atoms with Gasteiger partial charge in [-0.1, -0.05) is 36.4 Å². The van der Waals surface area contributed by atoms with E-state index in [0.717, 1.165) is 5.39 Å². The maximum absolute atomic E-state index is 12.1. The number of fused-ring (bicyclic) bond motifs is 1. The van der Waals surface area contributed by atoms with Crippen LogP contribution in [-0.2, 0) is 9.53 Å². The first-order chi connectivity index (χ1) is 15.7. The lowest BCUT2D eigenvalue weighted by molar-refractivity contribution is -0.123. The van der Waals surface area contributed by atoms with Crippen molar-refractivity contribution in [1.82, 2.24) is 10.4 Å². The Labute approximate surface area is 183 Å². The molecule has 32 heavy (non-hydrogen) atoms. The summed E-state index contributed by atoms with van der Waals surface area (Å²) in [5.74, 6) is 0.504. The highest BCUT2D eigenvalue weighted by Crippen LogP contribution is 2.26. The van der Waals surface area contributed by atoms with Gasteiger partial charge in [-0.25, -0.2) is 10.2 Å². The Bertz CT molecular complexity index is 1290. The molecule has 4 rings (SSSR count). The molecule has 0 unspecified atom stereocenters. The highest BCUT2D eigenvalue weighted by atomic mass is 16.5. The van der Waals surface area contributed by atoms with Gasteiger partial charge in [0.15, 0.2) is 6.61 Å². The molecule has 0 bridgehead atoms. The minimum atomic E-state index is -0.458. The molecule has 8 heteroatoms. The van der Waals surface area contributed by atoms with Crippen molar-refractivity contribution in [2.45, 2.75) is 0 Å². The fourth-order valence-electron chi connectivity index (χ4n) is 3.09. The summed E-state index contributed by atoms with van der Waals surface area (Å²) < 4.78 is 16.1. The molecule has 2 aromatic heterocycles. The van der Waals surface area contributed by atoms with Crippen molar-refractivity contribution in [2.75, 3.05) is 13.7 Å². The monoisotopic (exact) mass is 429 g/mol. The molecule has 0 aliphatic carbocycles. The Morgan fingerprint density at radius 2 is 1.91 bits per heavy atom. The number of pyridine rings is 1. The zero-order valence-electron chi connectivity index (χ0n) is 17.1. The van der Waals surface area contributed by atoms with Crippen molar-refractivity contribution in [1.29, 1.82) is 0 Å². The molecule has 8 nitrogen and oxygen atoms in total. The number of carbonyl (C=O) groups excluding carboxylic acids is 2. The summed E-state index contributed by atoms with van der Waals surface area (Å²) in [7, 11) is 1.32. The Morgan fingerprint density at radius 3 is 2.78 bits per heavy atom. The number of carbonyl (C=O) groups is 2. The topological polar surface area (TPSA) is 103 Å². The van der Waals surface area contributed by atoms with Crippen LogP contribution in [0.2, 0.25) is 0 Å². The lowest BCUT2D eigenvalue weighted by atomic mass is 10.1. The average molecular weight is 429 g/mol. The maximum Gasteiger partial charge on any atom is 0.338 e. The first kappa shape index (κ1) is 20.8. The zero-order valence-corrected chi connectivity index (χ0v) is 17.1. The number of benzene rings is 2. The van der Waals surface area contributed by atoms with Crippen molar-refractivity contribution in [3.63, 3.8) is 0 Å². The standard InChI is InChI=1S/C24H19N3O5/c1-30-24(29)19-9-3-2-8-18(19)20-12-11-17(32-20)14-26-27-22(28)15-31-21-10-4-6-16-7-5-13-25-23(16)21/h2-14H,15H2,1H3,(H,27,28)/b26-14+. The van der Waals surface area contributed by atoms with Gasteiger partial charge in [-0.2, -0.15) is 5.10 Å². The normalized spacial score (nSPS) is 10.9. The van der Waals surface area contributed by atoms with Gasteiger partial charge in [-0.3, -0.25) is 9.78 Å². The average Bonchev–Trinajstić information content (AvgIpc) is 3.31. The molecule has 0 saturated carbocycles.